The fourth-order valence-corrected chi connectivity index (χ4v) is 3.04. The van der Waals surface area contributed by atoms with Gasteiger partial charge in [0.1, 0.15) is 6.54 Å². The molecule has 1 heterocycles. The lowest BCUT2D eigenvalue weighted by atomic mass is 10.1. The molecule has 2 amide bonds. The average molecular weight is 392 g/mol. The maximum absolute atomic E-state index is 12.8. The molecular formula is C17H20N4O5S. The molecule has 1 aromatic carbocycles. The van der Waals surface area contributed by atoms with Crippen molar-refractivity contribution in [2.24, 2.45) is 0 Å². The monoisotopic (exact) mass is 392 g/mol. The average Bonchev–Trinajstić information content (AvgIpc) is 3.05. The standard InChI is InChI=1S/C17H20N4O5S/c1-12-11-27-17(18-12)19-15(22)10-20(7-4-8-26-2)16(23)13-5-3-6-14(9-13)21(24)25/h3,5-6,9,11H,4,7-8,10H2,1-2H3,(H,18,19,22). The molecule has 0 spiro atoms. The first-order valence-corrected chi connectivity index (χ1v) is 9.03. The first-order chi connectivity index (χ1) is 12.9. The van der Waals surface area contributed by atoms with E-state index in [1.54, 1.807) is 12.5 Å². The maximum atomic E-state index is 12.8. The Balaban J connectivity index is 2.12. The van der Waals surface area contributed by atoms with E-state index in [4.69, 9.17) is 4.74 Å². The van der Waals surface area contributed by atoms with Gasteiger partial charge in [0.25, 0.3) is 11.6 Å². The zero-order chi connectivity index (χ0) is 19.8. The topological polar surface area (TPSA) is 115 Å². The third-order valence-electron chi connectivity index (χ3n) is 3.57. The van der Waals surface area contributed by atoms with Crippen molar-refractivity contribution < 1.29 is 19.2 Å². The van der Waals surface area contributed by atoms with Gasteiger partial charge in [0.2, 0.25) is 5.91 Å². The number of carbonyl (C=O) groups is 2. The summed E-state index contributed by atoms with van der Waals surface area (Å²) in [6.45, 7) is 2.32. The number of thiazole rings is 1. The van der Waals surface area contributed by atoms with E-state index in [1.807, 2.05) is 6.92 Å². The Labute approximate surface area is 160 Å². The van der Waals surface area contributed by atoms with Crippen LogP contribution < -0.4 is 5.32 Å². The Bertz CT molecular complexity index is 823. The molecule has 0 bridgehead atoms. The van der Waals surface area contributed by atoms with Crippen LogP contribution in [-0.2, 0) is 9.53 Å². The first-order valence-electron chi connectivity index (χ1n) is 8.15. The largest absolute Gasteiger partial charge is 0.385 e. The molecule has 27 heavy (non-hydrogen) atoms. The summed E-state index contributed by atoms with van der Waals surface area (Å²) in [5, 5.41) is 15.8. The number of rotatable bonds is 9. The Kier molecular flexibility index (Phi) is 7.38. The number of ether oxygens (including phenoxy) is 1. The van der Waals surface area contributed by atoms with Crippen molar-refractivity contribution in [3.8, 4) is 0 Å². The van der Waals surface area contributed by atoms with E-state index < -0.39 is 10.8 Å². The Hall–Kier alpha value is -2.85. The molecule has 0 fully saturated rings. The number of nitro benzene ring substituents is 1. The summed E-state index contributed by atoms with van der Waals surface area (Å²) in [5.41, 5.74) is 0.764. The van der Waals surface area contributed by atoms with Gasteiger partial charge in [-0.1, -0.05) is 6.07 Å². The highest BCUT2D eigenvalue weighted by atomic mass is 32.1. The summed E-state index contributed by atoms with van der Waals surface area (Å²) in [5.74, 6) is -0.846. The van der Waals surface area contributed by atoms with Crippen molar-refractivity contribution in [3.05, 3.63) is 51.0 Å². The molecule has 9 nitrogen and oxygen atoms in total. The number of amides is 2. The summed E-state index contributed by atoms with van der Waals surface area (Å²) in [7, 11) is 1.55. The van der Waals surface area contributed by atoms with Crippen molar-refractivity contribution in [3.63, 3.8) is 0 Å². The predicted molar refractivity (Wildman–Crippen MR) is 101 cm³/mol. The van der Waals surface area contributed by atoms with Crippen LogP contribution in [0.4, 0.5) is 10.8 Å². The van der Waals surface area contributed by atoms with Crippen molar-refractivity contribution >= 4 is 34.0 Å². The summed E-state index contributed by atoms with van der Waals surface area (Å²) in [6, 6.07) is 5.44. The van der Waals surface area contributed by atoms with Crippen LogP contribution in [-0.4, -0.2) is 53.4 Å². The number of nitro groups is 1. The third kappa shape index (κ3) is 6.12. The second-order valence-electron chi connectivity index (χ2n) is 5.72. The molecule has 0 saturated carbocycles. The molecule has 10 heteroatoms. The fraction of sp³-hybridized carbons (Fsp3) is 0.353. The van der Waals surface area contributed by atoms with Gasteiger partial charge in [-0.3, -0.25) is 19.7 Å². The molecule has 2 rings (SSSR count). The third-order valence-corrected chi connectivity index (χ3v) is 4.44. The minimum Gasteiger partial charge on any atom is -0.385 e. The molecule has 0 aliphatic carbocycles. The molecule has 0 saturated heterocycles. The Morgan fingerprint density at radius 1 is 1.41 bits per heavy atom. The van der Waals surface area contributed by atoms with E-state index in [9.17, 15) is 19.7 Å². The van der Waals surface area contributed by atoms with Crippen LogP contribution >= 0.6 is 11.3 Å². The van der Waals surface area contributed by atoms with Crippen LogP contribution in [0.1, 0.15) is 22.5 Å². The molecule has 0 aliphatic heterocycles. The van der Waals surface area contributed by atoms with Crippen LogP contribution in [0.15, 0.2) is 29.6 Å². The highest BCUT2D eigenvalue weighted by Crippen LogP contribution is 2.16. The number of benzene rings is 1. The van der Waals surface area contributed by atoms with Crippen molar-refractivity contribution in [2.75, 3.05) is 32.1 Å². The smallest absolute Gasteiger partial charge is 0.270 e. The van der Waals surface area contributed by atoms with Crippen LogP contribution in [0.3, 0.4) is 0 Å². The number of methoxy groups -OCH3 is 1. The van der Waals surface area contributed by atoms with Gasteiger partial charge >= 0.3 is 0 Å². The minimum atomic E-state index is -0.566. The summed E-state index contributed by atoms with van der Waals surface area (Å²) in [6.07, 6.45) is 0.529. The lowest BCUT2D eigenvalue weighted by molar-refractivity contribution is -0.384. The van der Waals surface area contributed by atoms with E-state index in [2.05, 4.69) is 10.3 Å². The molecule has 144 valence electrons. The van der Waals surface area contributed by atoms with E-state index in [0.29, 0.717) is 18.2 Å². The Morgan fingerprint density at radius 2 is 2.19 bits per heavy atom. The fourth-order valence-electron chi connectivity index (χ4n) is 2.33. The van der Waals surface area contributed by atoms with Gasteiger partial charge in [-0.2, -0.15) is 0 Å². The zero-order valence-electron chi connectivity index (χ0n) is 15.0. The van der Waals surface area contributed by atoms with Crippen LogP contribution in [0.25, 0.3) is 0 Å². The van der Waals surface area contributed by atoms with Crippen LogP contribution in [0.2, 0.25) is 0 Å². The number of nitrogens with one attached hydrogen (secondary N) is 1. The molecule has 0 unspecified atom stereocenters. The predicted octanol–water partition coefficient (Wildman–Crippen LogP) is 2.48. The maximum Gasteiger partial charge on any atom is 0.270 e. The van der Waals surface area contributed by atoms with E-state index in [-0.39, 0.29) is 30.2 Å². The molecule has 1 aromatic heterocycles. The lowest BCUT2D eigenvalue weighted by Crippen LogP contribution is -2.39. The molecular weight excluding hydrogens is 372 g/mol. The number of aromatic nitrogens is 1. The number of non-ortho nitro benzene ring substituents is 1. The Morgan fingerprint density at radius 3 is 2.81 bits per heavy atom. The van der Waals surface area contributed by atoms with Gasteiger partial charge in [0.05, 0.1) is 10.6 Å². The van der Waals surface area contributed by atoms with Gasteiger partial charge in [0, 0.05) is 43.3 Å². The van der Waals surface area contributed by atoms with Crippen LogP contribution in [0, 0.1) is 17.0 Å². The molecule has 0 atom stereocenters. The van der Waals surface area contributed by atoms with Crippen molar-refractivity contribution in [2.45, 2.75) is 13.3 Å². The van der Waals surface area contributed by atoms with E-state index in [1.165, 1.54) is 40.5 Å². The van der Waals surface area contributed by atoms with E-state index in [0.717, 1.165) is 5.69 Å². The molecule has 0 aliphatic rings. The van der Waals surface area contributed by atoms with Crippen molar-refractivity contribution in [1.29, 1.82) is 0 Å². The second-order valence-corrected chi connectivity index (χ2v) is 6.58. The normalized spacial score (nSPS) is 10.4. The molecule has 1 N–H and O–H groups in total. The first kappa shape index (κ1) is 20.5. The van der Waals surface area contributed by atoms with Gasteiger partial charge in [0.15, 0.2) is 5.13 Å². The zero-order valence-corrected chi connectivity index (χ0v) is 15.8. The molecule has 2 aromatic rings. The highest BCUT2D eigenvalue weighted by molar-refractivity contribution is 7.13. The second kappa shape index (κ2) is 9.74. The lowest BCUT2D eigenvalue weighted by Gasteiger charge is -2.22. The van der Waals surface area contributed by atoms with Gasteiger partial charge < -0.3 is 15.0 Å². The number of aryl methyl sites for hydroxylation is 1. The SMILES string of the molecule is COCCCN(CC(=O)Nc1nc(C)cs1)C(=O)c1cccc([N+](=O)[O-])c1. The van der Waals surface area contributed by atoms with E-state index >= 15 is 0 Å². The number of anilines is 1. The number of nitrogens with zero attached hydrogens (tertiary/aromatic N) is 3. The van der Waals surface area contributed by atoms with Crippen molar-refractivity contribution in [1.82, 2.24) is 9.88 Å². The number of carbonyl (C=O) groups excluding carboxylic acids is 2. The number of hydrogen-bond acceptors (Lipinski definition) is 7. The highest BCUT2D eigenvalue weighted by Gasteiger charge is 2.21. The van der Waals surface area contributed by atoms with Gasteiger partial charge in [-0.25, -0.2) is 4.98 Å². The van der Waals surface area contributed by atoms with Gasteiger partial charge in [-0.05, 0) is 19.4 Å². The quantitative estimate of drug-likeness (QED) is 0.398. The summed E-state index contributed by atoms with van der Waals surface area (Å²) in [4.78, 5) is 40.9. The summed E-state index contributed by atoms with van der Waals surface area (Å²) < 4.78 is 5.00. The summed E-state index contributed by atoms with van der Waals surface area (Å²) >= 11 is 1.29. The molecule has 0 radical (unpaired) electrons. The number of hydrogen-bond donors (Lipinski definition) is 1. The minimum absolute atomic E-state index is 0.152. The van der Waals surface area contributed by atoms with Gasteiger partial charge in [-0.15, -0.1) is 11.3 Å². The van der Waals surface area contributed by atoms with Crippen LogP contribution in [0.5, 0.6) is 0 Å².